The first-order chi connectivity index (χ1) is 8.71. The first-order valence-electron chi connectivity index (χ1n) is 6.47. The highest BCUT2D eigenvalue weighted by Crippen LogP contribution is 2.19. The number of anilines is 2. The van der Waals surface area contributed by atoms with Crippen molar-refractivity contribution in [2.75, 3.05) is 29.9 Å². The largest absolute Gasteiger partial charge is 0.395 e. The number of benzene rings is 1. The van der Waals surface area contributed by atoms with Crippen molar-refractivity contribution < 1.29 is 9.90 Å². The van der Waals surface area contributed by atoms with E-state index in [0.717, 1.165) is 24.3 Å². The molecule has 1 amide bonds. The Hall–Kier alpha value is -1.55. The molecule has 0 fully saturated rings. The Kier molecular flexibility index (Phi) is 6.22. The van der Waals surface area contributed by atoms with Crippen LogP contribution >= 0.6 is 0 Å². The molecule has 1 aromatic rings. The molecule has 0 saturated heterocycles. The summed E-state index contributed by atoms with van der Waals surface area (Å²) >= 11 is 0. The molecule has 18 heavy (non-hydrogen) atoms. The molecule has 4 nitrogen and oxygen atoms in total. The van der Waals surface area contributed by atoms with E-state index >= 15 is 0 Å². The van der Waals surface area contributed by atoms with E-state index in [1.165, 1.54) is 0 Å². The molecule has 1 aromatic carbocycles. The number of carbonyl (C=O) groups is 1. The topological polar surface area (TPSA) is 52.6 Å². The van der Waals surface area contributed by atoms with Gasteiger partial charge >= 0.3 is 0 Å². The fourth-order valence-corrected chi connectivity index (χ4v) is 1.82. The predicted octanol–water partition coefficient (Wildman–Crippen LogP) is 2.24. The lowest BCUT2D eigenvalue weighted by Gasteiger charge is -2.22. The van der Waals surface area contributed by atoms with Crippen molar-refractivity contribution in [1.82, 2.24) is 0 Å². The molecule has 0 aromatic heterocycles. The molecule has 0 radical (unpaired) electrons. The van der Waals surface area contributed by atoms with Crippen molar-refractivity contribution in [1.29, 1.82) is 0 Å². The lowest BCUT2D eigenvalue weighted by molar-refractivity contribution is -0.116. The summed E-state index contributed by atoms with van der Waals surface area (Å²) in [7, 11) is 0. The molecule has 0 atom stereocenters. The van der Waals surface area contributed by atoms with E-state index in [-0.39, 0.29) is 12.5 Å². The zero-order valence-corrected chi connectivity index (χ0v) is 11.1. The van der Waals surface area contributed by atoms with Crippen LogP contribution in [0.25, 0.3) is 0 Å². The average molecular weight is 250 g/mol. The highest BCUT2D eigenvalue weighted by molar-refractivity contribution is 5.91. The monoisotopic (exact) mass is 250 g/mol. The first kappa shape index (κ1) is 14.5. The zero-order valence-electron chi connectivity index (χ0n) is 11.1. The summed E-state index contributed by atoms with van der Waals surface area (Å²) in [5, 5.41) is 11.9. The Labute approximate surface area is 109 Å². The van der Waals surface area contributed by atoms with Crippen molar-refractivity contribution in [3.05, 3.63) is 24.3 Å². The van der Waals surface area contributed by atoms with Crippen LogP contribution in [0.3, 0.4) is 0 Å². The third-order valence-electron chi connectivity index (χ3n) is 2.72. The van der Waals surface area contributed by atoms with Crippen molar-refractivity contribution >= 4 is 17.3 Å². The van der Waals surface area contributed by atoms with Gasteiger partial charge in [-0.3, -0.25) is 4.79 Å². The molecule has 0 saturated carbocycles. The Bertz CT molecular complexity index is 380. The highest BCUT2D eigenvalue weighted by atomic mass is 16.3. The zero-order chi connectivity index (χ0) is 13.4. The number of aliphatic hydroxyl groups is 1. The van der Waals surface area contributed by atoms with Crippen molar-refractivity contribution in [2.45, 2.75) is 26.7 Å². The molecule has 100 valence electrons. The molecular formula is C14H22N2O2. The fraction of sp³-hybridized carbons (Fsp3) is 0.500. The van der Waals surface area contributed by atoms with E-state index in [1.807, 2.05) is 38.1 Å². The number of hydrogen-bond donors (Lipinski definition) is 2. The summed E-state index contributed by atoms with van der Waals surface area (Å²) in [5.74, 6) is 0.0415. The van der Waals surface area contributed by atoms with Gasteiger partial charge in [0, 0.05) is 30.9 Å². The van der Waals surface area contributed by atoms with Crippen LogP contribution in [0.1, 0.15) is 26.7 Å². The average Bonchev–Trinajstić information content (AvgIpc) is 2.36. The smallest absolute Gasteiger partial charge is 0.224 e. The second kappa shape index (κ2) is 7.71. The molecule has 0 spiro atoms. The molecule has 0 unspecified atom stereocenters. The van der Waals surface area contributed by atoms with Gasteiger partial charge in [0.05, 0.1) is 6.61 Å². The summed E-state index contributed by atoms with van der Waals surface area (Å²) in [6, 6.07) is 7.71. The second-order valence-electron chi connectivity index (χ2n) is 4.15. The molecule has 0 aliphatic heterocycles. The number of aliphatic hydroxyl groups excluding tert-OH is 1. The van der Waals surface area contributed by atoms with E-state index in [2.05, 4.69) is 10.2 Å². The fourth-order valence-electron chi connectivity index (χ4n) is 1.82. The maximum Gasteiger partial charge on any atom is 0.224 e. The van der Waals surface area contributed by atoms with Crippen LogP contribution in [-0.4, -0.2) is 30.7 Å². The minimum absolute atomic E-state index is 0.0415. The minimum Gasteiger partial charge on any atom is -0.395 e. The minimum atomic E-state index is 0.0415. The quantitative estimate of drug-likeness (QED) is 0.780. The van der Waals surface area contributed by atoms with Crippen molar-refractivity contribution in [3.8, 4) is 0 Å². The lowest BCUT2D eigenvalue weighted by atomic mass is 10.2. The van der Waals surface area contributed by atoms with Crippen LogP contribution in [0, 0.1) is 0 Å². The summed E-state index contributed by atoms with van der Waals surface area (Å²) in [5.41, 5.74) is 1.82. The maximum absolute atomic E-state index is 11.5. The van der Waals surface area contributed by atoms with E-state index in [9.17, 15) is 4.79 Å². The first-order valence-corrected chi connectivity index (χ1v) is 6.47. The Morgan fingerprint density at radius 3 is 2.78 bits per heavy atom. The van der Waals surface area contributed by atoms with E-state index in [4.69, 9.17) is 5.11 Å². The molecule has 0 bridgehead atoms. The number of rotatable bonds is 7. The number of nitrogens with zero attached hydrogens (tertiary/aromatic N) is 1. The molecule has 2 N–H and O–H groups in total. The Morgan fingerprint density at radius 2 is 2.17 bits per heavy atom. The summed E-state index contributed by atoms with van der Waals surface area (Å²) < 4.78 is 0. The number of nitrogens with one attached hydrogen (secondary N) is 1. The molecule has 4 heteroatoms. The molecule has 0 aliphatic carbocycles. The number of amides is 1. The molecular weight excluding hydrogens is 228 g/mol. The van der Waals surface area contributed by atoms with Gasteiger partial charge < -0.3 is 15.3 Å². The standard InChI is InChI=1S/C14H22N2O2/c1-3-6-14(18)15-12-7-5-8-13(11-12)16(4-2)9-10-17/h5,7-8,11,17H,3-4,6,9-10H2,1-2H3,(H,15,18). The predicted molar refractivity (Wildman–Crippen MR) is 75.0 cm³/mol. The van der Waals surface area contributed by atoms with E-state index in [1.54, 1.807) is 0 Å². The lowest BCUT2D eigenvalue weighted by Crippen LogP contribution is -2.26. The van der Waals surface area contributed by atoms with Crippen LogP contribution in [0.4, 0.5) is 11.4 Å². The number of likely N-dealkylation sites (N-methyl/N-ethyl adjacent to an activating group) is 1. The van der Waals surface area contributed by atoms with Crippen molar-refractivity contribution in [2.24, 2.45) is 0 Å². The highest BCUT2D eigenvalue weighted by Gasteiger charge is 2.05. The number of hydrogen-bond acceptors (Lipinski definition) is 3. The van der Waals surface area contributed by atoms with Gasteiger partial charge in [0.1, 0.15) is 0 Å². The third-order valence-corrected chi connectivity index (χ3v) is 2.72. The maximum atomic E-state index is 11.5. The third kappa shape index (κ3) is 4.37. The SMILES string of the molecule is CCCC(=O)Nc1cccc(N(CC)CCO)c1. The summed E-state index contributed by atoms with van der Waals surface area (Å²) in [6.45, 7) is 5.57. The van der Waals surface area contributed by atoms with Crippen molar-refractivity contribution in [3.63, 3.8) is 0 Å². The van der Waals surface area contributed by atoms with Crippen LogP contribution < -0.4 is 10.2 Å². The van der Waals surface area contributed by atoms with Crippen LogP contribution in [0.2, 0.25) is 0 Å². The van der Waals surface area contributed by atoms with Gasteiger partial charge in [-0.1, -0.05) is 13.0 Å². The Balaban J connectivity index is 2.74. The number of carbonyl (C=O) groups excluding carboxylic acids is 1. The summed E-state index contributed by atoms with van der Waals surface area (Å²) in [4.78, 5) is 13.6. The van der Waals surface area contributed by atoms with Crippen LogP contribution in [0.15, 0.2) is 24.3 Å². The van der Waals surface area contributed by atoms with Gasteiger partial charge in [-0.05, 0) is 31.5 Å². The van der Waals surface area contributed by atoms with Gasteiger partial charge in [0.15, 0.2) is 0 Å². The molecule has 0 heterocycles. The molecule has 1 rings (SSSR count). The van der Waals surface area contributed by atoms with Gasteiger partial charge in [0.25, 0.3) is 0 Å². The molecule has 0 aliphatic rings. The van der Waals surface area contributed by atoms with E-state index in [0.29, 0.717) is 13.0 Å². The Morgan fingerprint density at radius 1 is 1.39 bits per heavy atom. The summed E-state index contributed by atoms with van der Waals surface area (Å²) in [6.07, 6.45) is 1.38. The van der Waals surface area contributed by atoms with E-state index < -0.39 is 0 Å². The van der Waals surface area contributed by atoms with Gasteiger partial charge in [-0.15, -0.1) is 0 Å². The van der Waals surface area contributed by atoms with Crippen LogP contribution in [0.5, 0.6) is 0 Å². The van der Waals surface area contributed by atoms with Gasteiger partial charge in [-0.2, -0.15) is 0 Å². The normalized spacial score (nSPS) is 10.2. The van der Waals surface area contributed by atoms with Gasteiger partial charge in [-0.25, -0.2) is 0 Å². The van der Waals surface area contributed by atoms with Crippen LogP contribution in [-0.2, 0) is 4.79 Å². The van der Waals surface area contributed by atoms with Gasteiger partial charge in [0.2, 0.25) is 5.91 Å². The second-order valence-corrected chi connectivity index (χ2v) is 4.15.